The Labute approximate surface area is 91.1 Å². The van der Waals surface area contributed by atoms with Gasteiger partial charge in [0, 0.05) is 5.54 Å². The van der Waals surface area contributed by atoms with Crippen LogP contribution in [0, 0.1) is 0 Å². The third-order valence-corrected chi connectivity index (χ3v) is 2.84. The maximum atomic E-state index is 11.3. The number of hydrogen-bond donors (Lipinski definition) is 1. The van der Waals surface area contributed by atoms with Crippen molar-refractivity contribution in [1.29, 1.82) is 0 Å². The molecular weight excluding hydrogens is 194 g/mol. The highest BCUT2D eigenvalue weighted by Gasteiger charge is 2.31. The zero-order chi connectivity index (χ0) is 11.3. The van der Waals surface area contributed by atoms with Crippen molar-refractivity contribution in [3.63, 3.8) is 0 Å². The highest BCUT2D eigenvalue weighted by Crippen LogP contribution is 2.27. The molecule has 1 aliphatic rings. The molecule has 1 saturated carbocycles. The molecule has 4 heteroatoms. The molecule has 4 nitrogen and oxygen atoms in total. The van der Waals surface area contributed by atoms with Crippen LogP contribution >= 0.6 is 0 Å². The maximum absolute atomic E-state index is 11.3. The van der Waals surface area contributed by atoms with E-state index in [4.69, 9.17) is 15.2 Å². The van der Waals surface area contributed by atoms with Gasteiger partial charge in [-0.2, -0.15) is 0 Å². The molecular formula is C11H21NO3. The summed E-state index contributed by atoms with van der Waals surface area (Å²) in [6, 6.07) is 0. The minimum absolute atomic E-state index is 0.221. The van der Waals surface area contributed by atoms with Crippen LogP contribution in [0.2, 0.25) is 0 Å². The van der Waals surface area contributed by atoms with E-state index in [0.717, 1.165) is 25.7 Å². The lowest BCUT2D eigenvalue weighted by Crippen LogP contribution is -2.43. The molecule has 1 atom stereocenters. The smallest absolute Gasteiger partial charge is 0.334 e. The number of nitrogens with two attached hydrogens (primary N) is 1. The molecule has 0 aromatic rings. The molecule has 0 heterocycles. The fourth-order valence-electron chi connectivity index (χ4n) is 1.84. The fourth-order valence-corrected chi connectivity index (χ4v) is 1.84. The number of esters is 1. The molecule has 0 saturated heterocycles. The van der Waals surface area contributed by atoms with Gasteiger partial charge in [0.15, 0.2) is 6.10 Å². The number of carbonyl (C=O) groups is 1. The SMILES string of the molecule is CCOC(=O)C(C)OCC1(N)CCCC1. The van der Waals surface area contributed by atoms with Gasteiger partial charge in [0.25, 0.3) is 0 Å². The topological polar surface area (TPSA) is 61.5 Å². The number of rotatable bonds is 5. The van der Waals surface area contributed by atoms with Crippen LogP contribution in [0.1, 0.15) is 39.5 Å². The minimum Gasteiger partial charge on any atom is -0.464 e. The minimum atomic E-state index is -0.508. The van der Waals surface area contributed by atoms with E-state index in [1.165, 1.54) is 0 Å². The van der Waals surface area contributed by atoms with E-state index >= 15 is 0 Å². The van der Waals surface area contributed by atoms with E-state index in [1.807, 2.05) is 0 Å². The molecule has 0 spiro atoms. The van der Waals surface area contributed by atoms with Crippen LogP contribution in [0.15, 0.2) is 0 Å². The Balaban J connectivity index is 2.26. The van der Waals surface area contributed by atoms with Crippen LogP contribution in [0.25, 0.3) is 0 Å². The fraction of sp³-hybridized carbons (Fsp3) is 0.909. The van der Waals surface area contributed by atoms with E-state index in [9.17, 15) is 4.79 Å². The first-order valence-electron chi connectivity index (χ1n) is 5.64. The average molecular weight is 215 g/mol. The van der Waals surface area contributed by atoms with Gasteiger partial charge in [0.1, 0.15) is 0 Å². The second-order valence-corrected chi connectivity index (χ2v) is 4.27. The Morgan fingerprint density at radius 3 is 2.60 bits per heavy atom. The highest BCUT2D eigenvalue weighted by molar-refractivity contribution is 5.74. The van der Waals surface area contributed by atoms with Crippen molar-refractivity contribution >= 4 is 5.97 Å². The predicted molar refractivity (Wildman–Crippen MR) is 57.4 cm³/mol. The molecule has 1 unspecified atom stereocenters. The van der Waals surface area contributed by atoms with Gasteiger partial charge in [0.2, 0.25) is 0 Å². The molecule has 0 radical (unpaired) electrons. The molecule has 1 aliphatic carbocycles. The van der Waals surface area contributed by atoms with Crippen molar-refractivity contribution in [2.24, 2.45) is 5.73 Å². The maximum Gasteiger partial charge on any atom is 0.334 e. The van der Waals surface area contributed by atoms with Crippen LogP contribution in [-0.2, 0) is 14.3 Å². The summed E-state index contributed by atoms with van der Waals surface area (Å²) >= 11 is 0. The van der Waals surface area contributed by atoms with Crippen molar-refractivity contribution in [3.8, 4) is 0 Å². The van der Waals surface area contributed by atoms with E-state index in [2.05, 4.69) is 0 Å². The summed E-state index contributed by atoms with van der Waals surface area (Å²) in [5, 5.41) is 0. The van der Waals surface area contributed by atoms with Crippen LogP contribution in [0.5, 0.6) is 0 Å². The summed E-state index contributed by atoms with van der Waals surface area (Å²) in [5.74, 6) is -0.306. The summed E-state index contributed by atoms with van der Waals surface area (Å²) < 4.78 is 10.3. The summed E-state index contributed by atoms with van der Waals surface area (Å²) in [5.41, 5.74) is 5.88. The molecule has 0 aromatic carbocycles. The van der Waals surface area contributed by atoms with E-state index in [0.29, 0.717) is 13.2 Å². The van der Waals surface area contributed by atoms with Crippen molar-refractivity contribution in [2.45, 2.75) is 51.2 Å². The molecule has 88 valence electrons. The zero-order valence-electron chi connectivity index (χ0n) is 9.62. The second-order valence-electron chi connectivity index (χ2n) is 4.27. The van der Waals surface area contributed by atoms with Crippen LogP contribution in [0.4, 0.5) is 0 Å². The van der Waals surface area contributed by atoms with E-state index < -0.39 is 6.10 Å². The highest BCUT2D eigenvalue weighted by atomic mass is 16.6. The van der Waals surface area contributed by atoms with Gasteiger partial charge in [-0.05, 0) is 26.7 Å². The first-order chi connectivity index (χ1) is 7.07. The Bertz CT molecular complexity index is 212. The van der Waals surface area contributed by atoms with E-state index in [-0.39, 0.29) is 11.5 Å². The Morgan fingerprint density at radius 2 is 2.07 bits per heavy atom. The van der Waals surface area contributed by atoms with Gasteiger partial charge >= 0.3 is 5.97 Å². The predicted octanol–water partition coefficient (Wildman–Crippen LogP) is 1.23. The summed E-state index contributed by atoms with van der Waals surface area (Å²) in [7, 11) is 0. The standard InChI is InChI=1S/C11H21NO3/c1-3-14-10(13)9(2)15-8-11(12)6-4-5-7-11/h9H,3-8,12H2,1-2H3. The molecule has 15 heavy (non-hydrogen) atoms. The summed E-state index contributed by atoms with van der Waals surface area (Å²) in [6.07, 6.45) is 3.79. The lowest BCUT2D eigenvalue weighted by Gasteiger charge is -2.24. The second kappa shape index (κ2) is 5.47. The average Bonchev–Trinajstić information content (AvgIpc) is 2.63. The molecule has 1 fully saturated rings. The molecule has 0 aromatic heterocycles. The monoisotopic (exact) mass is 215 g/mol. The molecule has 0 amide bonds. The zero-order valence-corrected chi connectivity index (χ0v) is 9.62. The van der Waals surface area contributed by atoms with Gasteiger partial charge in [-0.25, -0.2) is 4.79 Å². The third-order valence-electron chi connectivity index (χ3n) is 2.84. The van der Waals surface area contributed by atoms with Gasteiger partial charge in [-0.1, -0.05) is 12.8 Å². The molecule has 1 rings (SSSR count). The Kier molecular flexibility index (Phi) is 4.54. The van der Waals surface area contributed by atoms with Crippen LogP contribution < -0.4 is 5.73 Å². The number of ether oxygens (including phenoxy) is 2. The van der Waals surface area contributed by atoms with Crippen molar-refractivity contribution in [2.75, 3.05) is 13.2 Å². The van der Waals surface area contributed by atoms with Gasteiger partial charge in [0.05, 0.1) is 13.2 Å². The lowest BCUT2D eigenvalue weighted by atomic mass is 10.0. The first kappa shape index (κ1) is 12.5. The van der Waals surface area contributed by atoms with Crippen LogP contribution in [0.3, 0.4) is 0 Å². The van der Waals surface area contributed by atoms with Crippen molar-refractivity contribution in [3.05, 3.63) is 0 Å². The van der Waals surface area contributed by atoms with Crippen molar-refractivity contribution in [1.82, 2.24) is 0 Å². The first-order valence-corrected chi connectivity index (χ1v) is 5.64. The van der Waals surface area contributed by atoms with E-state index in [1.54, 1.807) is 13.8 Å². The van der Waals surface area contributed by atoms with Crippen LogP contribution in [-0.4, -0.2) is 30.8 Å². The third kappa shape index (κ3) is 3.80. The number of carbonyl (C=O) groups excluding carboxylic acids is 1. The van der Waals surface area contributed by atoms with Gasteiger partial charge in [-0.3, -0.25) is 0 Å². The van der Waals surface area contributed by atoms with Gasteiger partial charge < -0.3 is 15.2 Å². The van der Waals surface area contributed by atoms with Crippen molar-refractivity contribution < 1.29 is 14.3 Å². The lowest BCUT2D eigenvalue weighted by molar-refractivity contribution is -0.156. The molecule has 0 bridgehead atoms. The van der Waals surface area contributed by atoms with Gasteiger partial charge in [-0.15, -0.1) is 0 Å². The Morgan fingerprint density at radius 1 is 1.47 bits per heavy atom. The number of hydrogen-bond acceptors (Lipinski definition) is 4. The summed E-state index contributed by atoms with van der Waals surface area (Å²) in [6.45, 7) is 4.33. The normalized spacial score (nSPS) is 21.3. The Hall–Kier alpha value is -0.610. The quantitative estimate of drug-likeness (QED) is 0.701. The molecule has 2 N–H and O–H groups in total. The summed E-state index contributed by atoms with van der Waals surface area (Å²) in [4.78, 5) is 11.3. The largest absolute Gasteiger partial charge is 0.464 e. The molecule has 0 aliphatic heterocycles.